The van der Waals surface area contributed by atoms with Gasteiger partial charge in [-0.05, 0) is 64.3 Å². The molecule has 0 spiro atoms. The highest BCUT2D eigenvalue weighted by molar-refractivity contribution is 9.10. The first-order valence-corrected chi connectivity index (χ1v) is 7.52. The van der Waals surface area contributed by atoms with Crippen LogP contribution in [0.2, 0.25) is 0 Å². The Morgan fingerprint density at radius 3 is 2.64 bits per heavy atom. The summed E-state index contributed by atoms with van der Waals surface area (Å²) in [5.74, 6) is 0.849. The molecule has 2 aromatic rings. The van der Waals surface area contributed by atoms with E-state index in [9.17, 15) is 4.39 Å². The van der Waals surface area contributed by atoms with Crippen LogP contribution in [0, 0.1) is 5.82 Å². The molecule has 0 saturated carbocycles. The van der Waals surface area contributed by atoms with Gasteiger partial charge in [0.05, 0.1) is 11.6 Å². The van der Waals surface area contributed by atoms with Gasteiger partial charge in [0, 0.05) is 12.2 Å². The summed E-state index contributed by atoms with van der Waals surface area (Å²) in [6.07, 6.45) is 0.684. The Kier molecular flexibility index (Phi) is 5.77. The summed E-state index contributed by atoms with van der Waals surface area (Å²) in [7, 11) is 1.62. The van der Waals surface area contributed by atoms with Crippen LogP contribution in [0.5, 0.6) is 5.75 Å². The first-order valence-electron chi connectivity index (χ1n) is 6.73. The van der Waals surface area contributed by atoms with Gasteiger partial charge >= 0.3 is 0 Å². The number of benzene rings is 2. The molecule has 6 heteroatoms. The fourth-order valence-electron chi connectivity index (χ4n) is 1.86. The number of hydrogen-bond donors (Lipinski definition) is 2. The van der Waals surface area contributed by atoms with Gasteiger partial charge in [0.25, 0.3) is 0 Å². The van der Waals surface area contributed by atoms with E-state index in [0.717, 1.165) is 17.0 Å². The van der Waals surface area contributed by atoms with Crippen molar-refractivity contribution in [2.24, 2.45) is 10.7 Å². The number of guanidine groups is 1. The SMILES string of the molecule is COc1ccc(NC(N)=NCCc2ccc(F)c(Br)c2)cc1. The number of aliphatic imine (C=N–C) groups is 1. The molecule has 0 radical (unpaired) electrons. The van der Waals surface area contributed by atoms with Gasteiger partial charge < -0.3 is 15.8 Å². The van der Waals surface area contributed by atoms with Crippen molar-refractivity contribution in [2.45, 2.75) is 6.42 Å². The molecule has 4 nitrogen and oxygen atoms in total. The molecule has 2 rings (SSSR count). The van der Waals surface area contributed by atoms with Gasteiger partial charge in [0.1, 0.15) is 11.6 Å². The molecule has 0 bridgehead atoms. The molecule has 0 aromatic heterocycles. The Morgan fingerprint density at radius 2 is 2.00 bits per heavy atom. The van der Waals surface area contributed by atoms with Gasteiger partial charge in [-0.2, -0.15) is 0 Å². The van der Waals surface area contributed by atoms with E-state index in [2.05, 4.69) is 26.2 Å². The third kappa shape index (κ3) is 4.73. The molecule has 0 aliphatic heterocycles. The number of halogens is 2. The molecular formula is C16H17BrFN3O. The largest absolute Gasteiger partial charge is 0.497 e. The second kappa shape index (κ2) is 7.79. The average molecular weight is 366 g/mol. The van der Waals surface area contributed by atoms with Crippen LogP contribution in [0.1, 0.15) is 5.56 Å². The average Bonchev–Trinajstić information content (AvgIpc) is 2.51. The van der Waals surface area contributed by atoms with Crippen molar-refractivity contribution in [3.05, 3.63) is 58.3 Å². The highest BCUT2D eigenvalue weighted by Crippen LogP contribution is 2.17. The van der Waals surface area contributed by atoms with Crippen molar-refractivity contribution >= 4 is 27.6 Å². The summed E-state index contributed by atoms with van der Waals surface area (Å²) in [4.78, 5) is 4.25. The maximum Gasteiger partial charge on any atom is 0.193 e. The monoisotopic (exact) mass is 365 g/mol. The maximum atomic E-state index is 13.1. The van der Waals surface area contributed by atoms with Gasteiger partial charge in [-0.15, -0.1) is 0 Å². The summed E-state index contributed by atoms with van der Waals surface area (Å²) in [6, 6.07) is 12.3. The van der Waals surface area contributed by atoms with Crippen molar-refractivity contribution in [3.63, 3.8) is 0 Å². The highest BCUT2D eigenvalue weighted by atomic mass is 79.9. The molecular weight excluding hydrogens is 349 g/mol. The van der Waals surface area contributed by atoms with Gasteiger partial charge in [-0.25, -0.2) is 4.39 Å². The van der Waals surface area contributed by atoms with Gasteiger partial charge in [0.2, 0.25) is 0 Å². The minimum Gasteiger partial charge on any atom is -0.497 e. The van der Waals surface area contributed by atoms with E-state index < -0.39 is 0 Å². The predicted molar refractivity (Wildman–Crippen MR) is 90.9 cm³/mol. The smallest absolute Gasteiger partial charge is 0.193 e. The molecule has 116 valence electrons. The zero-order valence-corrected chi connectivity index (χ0v) is 13.7. The van der Waals surface area contributed by atoms with Crippen LogP contribution in [-0.4, -0.2) is 19.6 Å². The molecule has 0 fully saturated rings. The van der Waals surface area contributed by atoms with Crippen LogP contribution in [0.15, 0.2) is 51.9 Å². The van der Waals surface area contributed by atoms with Crippen LogP contribution >= 0.6 is 15.9 Å². The molecule has 0 aliphatic carbocycles. The van der Waals surface area contributed by atoms with Crippen molar-refractivity contribution < 1.29 is 9.13 Å². The molecule has 0 aliphatic rings. The van der Waals surface area contributed by atoms with E-state index in [1.807, 2.05) is 24.3 Å². The normalized spacial score (nSPS) is 11.3. The third-order valence-electron chi connectivity index (χ3n) is 3.03. The Hall–Kier alpha value is -2.08. The summed E-state index contributed by atoms with van der Waals surface area (Å²) < 4.78 is 18.7. The summed E-state index contributed by atoms with van der Waals surface area (Å²) in [6.45, 7) is 0.521. The highest BCUT2D eigenvalue weighted by Gasteiger charge is 2.01. The number of rotatable bonds is 5. The Labute approximate surface area is 137 Å². The fraction of sp³-hybridized carbons (Fsp3) is 0.188. The predicted octanol–water partition coefficient (Wildman–Crippen LogP) is 3.57. The van der Waals surface area contributed by atoms with Crippen LogP contribution in [0.25, 0.3) is 0 Å². The van der Waals surface area contributed by atoms with Crippen molar-refractivity contribution in [3.8, 4) is 5.75 Å². The molecule has 2 aromatic carbocycles. The second-order valence-electron chi connectivity index (χ2n) is 4.62. The van der Waals surface area contributed by atoms with E-state index in [-0.39, 0.29) is 5.82 Å². The number of anilines is 1. The lowest BCUT2D eigenvalue weighted by Gasteiger charge is -2.07. The van der Waals surface area contributed by atoms with Crippen molar-refractivity contribution in [1.82, 2.24) is 0 Å². The summed E-state index contributed by atoms with van der Waals surface area (Å²) in [5.41, 5.74) is 7.67. The molecule has 22 heavy (non-hydrogen) atoms. The minimum atomic E-state index is -0.270. The van der Waals surface area contributed by atoms with Crippen LogP contribution in [0.3, 0.4) is 0 Å². The maximum absolute atomic E-state index is 13.1. The standard InChI is InChI=1S/C16H17BrFN3O/c1-22-13-5-3-12(4-6-13)21-16(19)20-9-8-11-2-7-15(18)14(17)10-11/h2-7,10H,8-9H2,1H3,(H3,19,20,21). The van der Waals surface area contributed by atoms with E-state index in [1.165, 1.54) is 6.07 Å². The summed E-state index contributed by atoms with van der Waals surface area (Å²) in [5, 5.41) is 3.00. The van der Waals surface area contributed by atoms with Crippen LogP contribution in [-0.2, 0) is 6.42 Å². The van der Waals surface area contributed by atoms with Gasteiger partial charge in [0.15, 0.2) is 5.96 Å². The Morgan fingerprint density at radius 1 is 1.27 bits per heavy atom. The number of ether oxygens (including phenoxy) is 1. The quantitative estimate of drug-likeness (QED) is 0.628. The number of nitrogens with two attached hydrogens (primary N) is 1. The van der Waals surface area contributed by atoms with Crippen LogP contribution in [0.4, 0.5) is 10.1 Å². The fourth-order valence-corrected chi connectivity index (χ4v) is 2.29. The van der Waals surface area contributed by atoms with E-state index in [0.29, 0.717) is 23.4 Å². The molecule has 0 heterocycles. The Balaban J connectivity index is 1.87. The van der Waals surface area contributed by atoms with Crippen LogP contribution < -0.4 is 15.8 Å². The zero-order chi connectivity index (χ0) is 15.9. The molecule has 0 unspecified atom stereocenters. The number of nitrogens with one attached hydrogen (secondary N) is 1. The third-order valence-corrected chi connectivity index (χ3v) is 3.64. The number of hydrogen-bond acceptors (Lipinski definition) is 2. The first kappa shape index (κ1) is 16.3. The lowest BCUT2D eigenvalue weighted by Crippen LogP contribution is -2.23. The Bertz CT molecular complexity index is 659. The minimum absolute atomic E-state index is 0.270. The number of methoxy groups -OCH3 is 1. The van der Waals surface area contributed by atoms with Gasteiger partial charge in [-0.3, -0.25) is 4.99 Å². The summed E-state index contributed by atoms with van der Waals surface area (Å²) >= 11 is 3.16. The van der Waals surface area contributed by atoms with E-state index in [1.54, 1.807) is 19.2 Å². The molecule has 3 N–H and O–H groups in total. The first-order chi connectivity index (χ1) is 10.6. The number of nitrogens with zero attached hydrogens (tertiary/aromatic N) is 1. The van der Waals surface area contributed by atoms with Crippen molar-refractivity contribution in [1.29, 1.82) is 0 Å². The topological polar surface area (TPSA) is 59.6 Å². The molecule has 0 atom stereocenters. The van der Waals surface area contributed by atoms with E-state index >= 15 is 0 Å². The zero-order valence-electron chi connectivity index (χ0n) is 12.1. The van der Waals surface area contributed by atoms with E-state index in [4.69, 9.17) is 10.5 Å². The molecule has 0 saturated heterocycles. The lowest BCUT2D eigenvalue weighted by molar-refractivity contribution is 0.415. The van der Waals surface area contributed by atoms with Crippen molar-refractivity contribution in [2.75, 3.05) is 19.0 Å². The second-order valence-corrected chi connectivity index (χ2v) is 5.47. The van der Waals surface area contributed by atoms with Gasteiger partial charge in [-0.1, -0.05) is 6.07 Å². The lowest BCUT2D eigenvalue weighted by atomic mass is 10.1. The molecule has 0 amide bonds.